The Bertz CT molecular complexity index is 714. The molecule has 6 heteroatoms. The molecule has 0 bridgehead atoms. The Morgan fingerprint density at radius 1 is 1.09 bits per heavy atom. The molecule has 0 radical (unpaired) electrons. The van der Waals surface area contributed by atoms with Crippen LogP contribution < -0.4 is 10.6 Å². The fraction of sp³-hybridized carbons (Fsp3) is 0.176. The maximum atomic E-state index is 11.9. The van der Waals surface area contributed by atoms with Crippen LogP contribution in [0.2, 0.25) is 0 Å². The summed E-state index contributed by atoms with van der Waals surface area (Å²) in [6, 6.07) is 12.3. The van der Waals surface area contributed by atoms with Gasteiger partial charge in [-0.05, 0) is 48.9 Å². The zero-order valence-corrected chi connectivity index (χ0v) is 14.4. The number of carbonyl (C=O) groups excluding carboxylic acids is 2. The van der Waals surface area contributed by atoms with Crippen LogP contribution in [0.4, 0.5) is 11.4 Å². The SMILES string of the molecule is COC(=O)c1ccc(NC(=O)CNc2ccc(C)c(Br)c2)cc1. The van der Waals surface area contributed by atoms with Gasteiger partial charge in [-0.3, -0.25) is 4.79 Å². The van der Waals surface area contributed by atoms with E-state index in [1.54, 1.807) is 24.3 Å². The summed E-state index contributed by atoms with van der Waals surface area (Å²) in [7, 11) is 1.33. The van der Waals surface area contributed by atoms with Crippen LogP contribution in [0.15, 0.2) is 46.9 Å². The Hall–Kier alpha value is -2.34. The number of methoxy groups -OCH3 is 1. The van der Waals surface area contributed by atoms with Crippen molar-refractivity contribution in [2.24, 2.45) is 0 Å². The Kier molecular flexibility index (Phi) is 5.76. The van der Waals surface area contributed by atoms with Crippen LogP contribution in [0.3, 0.4) is 0 Å². The average molecular weight is 377 g/mol. The van der Waals surface area contributed by atoms with Crippen molar-refractivity contribution in [1.82, 2.24) is 0 Å². The molecule has 2 N–H and O–H groups in total. The van der Waals surface area contributed by atoms with Crippen molar-refractivity contribution in [1.29, 1.82) is 0 Å². The van der Waals surface area contributed by atoms with Crippen molar-refractivity contribution >= 4 is 39.2 Å². The maximum absolute atomic E-state index is 11.9. The zero-order chi connectivity index (χ0) is 16.8. The molecule has 0 atom stereocenters. The van der Waals surface area contributed by atoms with E-state index in [-0.39, 0.29) is 12.5 Å². The minimum absolute atomic E-state index is 0.147. The molecule has 0 aromatic heterocycles. The maximum Gasteiger partial charge on any atom is 0.337 e. The highest BCUT2D eigenvalue weighted by Gasteiger charge is 2.06. The van der Waals surface area contributed by atoms with E-state index in [4.69, 9.17) is 0 Å². The van der Waals surface area contributed by atoms with Crippen molar-refractivity contribution in [2.45, 2.75) is 6.92 Å². The van der Waals surface area contributed by atoms with Crippen LogP contribution in [0.5, 0.6) is 0 Å². The number of hydrogen-bond donors (Lipinski definition) is 2. The van der Waals surface area contributed by atoms with Gasteiger partial charge < -0.3 is 15.4 Å². The second-order valence-electron chi connectivity index (χ2n) is 4.93. The second-order valence-corrected chi connectivity index (χ2v) is 5.79. The molecule has 0 unspecified atom stereocenters. The van der Waals surface area contributed by atoms with Gasteiger partial charge in [0.1, 0.15) is 0 Å². The molecule has 1 amide bonds. The monoisotopic (exact) mass is 376 g/mol. The first-order valence-electron chi connectivity index (χ1n) is 6.98. The van der Waals surface area contributed by atoms with Gasteiger partial charge in [-0.25, -0.2) is 4.79 Å². The van der Waals surface area contributed by atoms with Gasteiger partial charge in [-0.15, -0.1) is 0 Å². The van der Waals surface area contributed by atoms with Gasteiger partial charge in [0.15, 0.2) is 0 Å². The molecule has 0 fully saturated rings. The second kappa shape index (κ2) is 7.78. The molecule has 120 valence electrons. The molecule has 0 heterocycles. The summed E-state index contributed by atoms with van der Waals surface area (Å²) in [5.41, 5.74) is 3.05. The summed E-state index contributed by atoms with van der Waals surface area (Å²) in [4.78, 5) is 23.3. The number of carbonyl (C=O) groups is 2. The molecule has 0 aliphatic carbocycles. The van der Waals surface area contributed by atoms with Gasteiger partial charge >= 0.3 is 5.97 Å². The summed E-state index contributed by atoms with van der Waals surface area (Å²) < 4.78 is 5.61. The van der Waals surface area contributed by atoms with Crippen LogP contribution in [0.1, 0.15) is 15.9 Å². The molecule has 0 aliphatic heterocycles. The molecule has 0 aliphatic rings. The third kappa shape index (κ3) is 4.82. The number of anilines is 2. The number of hydrogen-bond acceptors (Lipinski definition) is 4. The molecule has 2 rings (SSSR count). The summed E-state index contributed by atoms with van der Waals surface area (Å²) in [5, 5.41) is 5.81. The van der Waals surface area contributed by atoms with Crippen molar-refractivity contribution in [3.8, 4) is 0 Å². The Morgan fingerprint density at radius 2 is 1.74 bits per heavy atom. The van der Waals surface area contributed by atoms with Gasteiger partial charge in [0, 0.05) is 15.8 Å². The standard InChI is InChI=1S/C17H17BrN2O3/c1-11-3-6-14(9-15(11)18)19-10-16(21)20-13-7-4-12(5-8-13)17(22)23-2/h3-9,19H,10H2,1-2H3,(H,20,21). The fourth-order valence-electron chi connectivity index (χ4n) is 1.90. The predicted molar refractivity (Wildman–Crippen MR) is 93.8 cm³/mol. The van der Waals surface area contributed by atoms with Crippen LogP contribution in [-0.4, -0.2) is 25.5 Å². The number of rotatable bonds is 5. The smallest absolute Gasteiger partial charge is 0.337 e. The lowest BCUT2D eigenvalue weighted by atomic mass is 10.2. The largest absolute Gasteiger partial charge is 0.465 e. The van der Waals surface area contributed by atoms with E-state index in [2.05, 4.69) is 31.3 Å². The Labute approximate surface area is 143 Å². The highest BCUT2D eigenvalue weighted by molar-refractivity contribution is 9.10. The van der Waals surface area contributed by atoms with Gasteiger partial charge in [0.2, 0.25) is 5.91 Å². The Balaban J connectivity index is 1.89. The molecule has 0 spiro atoms. The van der Waals surface area contributed by atoms with Crippen LogP contribution in [0.25, 0.3) is 0 Å². The minimum atomic E-state index is -0.408. The highest BCUT2D eigenvalue weighted by atomic mass is 79.9. The van der Waals surface area contributed by atoms with Crippen molar-refractivity contribution in [2.75, 3.05) is 24.3 Å². The molecule has 0 saturated carbocycles. The van der Waals surface area contributed by atoms with Crippen molar-refractivity contribution in [3.63, 3.8) is 0 Å². The minimum Gasteiger partial charge on any atom is -0.465 e. The summed E-state index contributed by atoms with van der Waals surface area (Å²) in [5.74, 6) is -0.581. The van der Waals surface area contributed by atoms with Crippen molar-refractivity contribution < 1.29 is 14.3 Å². The van der Waals surface area contributed by atoms with Crippen molar-refractivity contribution in [3.05, 3.63) is 58.1 Å². The van der Waals surface area contributed by atoms with Crippen LogP contribution >= 0.6 is 15.9 Å². The summed E-state index contributed by atoms with van der Waals surface area (Å²) in [6.07, 6.45) is 0. The van der Waals surface area contributed by atoms with E-state index in [1.807, 2.05) is 25.1 Å². The third-order valence-corrected chi connectivity index (χ3v) is 4.07. The number of amides is 1. The van der Waals surface area contributed by atoms with Gasteiger partial charge in [0.25, 0.3) is 0 Å². The number of ether oxygens (including phenoxy) is 1. The highest BCUT2D eigenvalue weighted by Crippen LogP contribution is 2.20. The molecule has 5 nitrogen and oxygen atoms in total. The number of aryl methyl sites for hydroxylation is 1. The van der Waals surface area contributed by atoms with E-state index in [1.165, 1.54) is 7.11 Å². The average Bonchev–Trinajstić information content (AvgIpc) is 2.56. The Morgan fingerprint density at radius 3 is 2.35 bits per heavy atom. The lowest BCUT2D eigenvalue weighted by Crippen LogP contribution is -2.21. The van der Waals surface area contributed by atoms with Gasteiger partial charge in [-0.2, -0.15) is 0 Å². The zero-order valence-electron chi connectivity index (χ0n) is 12.9. The molecular formula is C17H17BrN2O3. The molecule has 23 heavy (non-hydrogen) atoms. The molecule has 2 aromatic rings. The number of nitrogens with one attached hydrogen (secondary N) is 2. The first kappa shape index (κ1) is 17.0. The van der Waals surface area contributed by atoms with E-state index in [9.17, 15) is 9.59 Å². The topological polar surface area (TPSA) is 67.4 Å². The quantitative estimate of drug-likeness (QED) is 0.782. The number of benzene rings is 2. The van der Waals surface area contributed by atoms with E-state index >= 15 is 0 Å². The van der Waals surface area contributed by atoms with Gasteiger partial charge in [-0.1, -0.05) is 22.0 Å². The van der Waals surface area contributed by atoms with Crippen LogP contribution in [0, 0.1) is 6.92 Å². The molecular weight excluding hydrogens is 360 g/mol. The first-order chi connectivity index (χ1) is 11.0. The lowest BCUT2D eigenvalue weighted by Gasteiger charge is -2.09. The predicted octanol–water partition coefficient (Wildman–Crippen LogP) is 3.59. The third-order valence-electron chi connectivity index (χ3n) is 3.21. The van der Waals surface area contributed by atoms with Gasteiger partial charge in [0.05, 0.1) is 19.2 Å². The fourth-order valence-corrected chi connectivity index (χ4v) is 2.28. The lowest BCUT2D eigenvalue weighted by molar-refractivity contribution is -0.114. The van der Waals surface area contributed by atoms with Crippen LogP contribution in [-0.2, 0) is 9.53 Å². The van der Waals surface area contributed by atoms with E-state index in [0.29, 0.717) is 11.3 Å². The van der Waals surface area contributed by atoms with E-state index < -0.39 is 5.97 Å². The summed E-state index contributed by atoms with van der Waals surface area (Å²) in [6.45, 7) is 2.15. The number of esters is 1. The normalized spacial score (nSPS) is 10.0. The number of halogens is 1. The van der Waals surface area contributed by atoms with E-state index in [0.717, 1.165) is 15.7 Å². The molecule has 2 aromatic carbocycles. The molecule has 0 saturated heterocycles. The first-order valence-corrected chi connectivity index (χ1v) is 7.77. The summed E-state index contributed by atoms with van der Waals surface area (Å²) >= 11 is 3.45.